The highest BCUT2D eigenvalue weighted by Crippen LogP contribution is 2.21. The Morgan fingerprint density at radius 2 is 1.82 bits per heavy atom. The van der Waals surface area contributed by atoms with Crippen LogP contribution < -0.4 is 5.32 Å². The molecule has 2 unspecified atom stereocenters. The third-order valence-corrected chi connectivity index (χ3v) is 3.20. The van der Waals surface area contributed by atoms with Crippen LogP contribution in [0.15, 0.2) is 0 Å². The third-order valence-electron chi connectivity index (χ3n) is 3.20. The first kappa shape index (κ1) is 14.0. The highest BCUT2D eigenvalue weighted by atomic mass is 16.2. The van der Waals surface area contributed by atoms with Crippen molar-refractivity contribution in [3.63, 3.8) is 0 Å². The lowest BCUT2D eigenvalue weighted by atomic mass is 9.94. The third kappa shape index (κ3) is 2.79. The molecule has 4 heteroatoms. The van der Waals surface area contributed by atoms with Crippen LogP contribution in [-0.4, -0.2) is 34.8 Å². The van der Waals surface area contributed by atoms with Gasteiger partial charge in [-0.15, -0.1) is 0 Å². The molecule has 1 aliphatic rings. The van der Waals surface area contributed by atoms with Crippen LogP contribution in [0, 0.1) is 5.92 Å². The van der Waals surface area contributed by atoms with Crippen molar-refractivity contribution in [1.82, 2.24) is 10.2 Å². The van der Waals surface area contributed by atoms with E-state index in [1.165, 1.54) is 0 Å². The average Bonchev–Trinajstić information content (AvgIpc) is 2.21. The molecule has 0 spiro atoms. The Balaban J connectivity index is 2.97. The van der Waals surface area contributed by atoms with Crippen molar-refractivity contribution in [3.05, 3.63) is 0 Å². The number of rotatable bonds is 4. The van der Waals surface area contributed by atoms with E-state index < -0.39 is 0 Å². The molecule has 1 aliphatic heterocycles. The molecule has 0 aliphatic carbocycles. The normalized spacial score (nSPS) is 25.7. The molecule has 1 rings (SSSR count). The fourth-order valence-corrected chi connectivity index (χ4v) is 2.45. The second kappa shape index (κ2) is 5.52. The highest BCUT2D eigenvalue weighted by molar-refractivity contribution is 5.97. The molecule has 0 saturated carbocycles. The van der Waals surface area contributed by atoms with E-state index >= 15 is 0 Å². The van der Waals surface area contributed by atoms with Gasteiger partial charge in [-0.05, 0) is 26.2 Å². The maximum absolute atomic E-state index is 12.3. The molecule has 2 atom stereocenters. The molecule has 0 bridgehead atoms. The molecule has 98 valence electrons. The van der Waals surface area contributed by atoms with Crippen molar-refractivity contribution in [3.8, 4) is 0 Å². The van der Waals surface area contributed by atoms with E-state index in [0.29, 0.717) is 0 Å². The molecule has 1 fully saturated rings. The zero-order valence-electron chi connectivity index (χ0n) is 11.5. The van der Waals surface area contributed by atoms with Crippen molar-refractivity contribution < 1.29 is 9.59 Å². The Labute approximate surface area is 104 Å². The number of hydrogen-bond donors (Lipinski definition) is 1. The van der Waals surface area contributed by atoms with E-state index in [0.717, 1.165) is 12.8 Å². The minimum Gasteiger partial charge on any atom is -0.342 e. The van der Waals surface area contributed by atoms with Crippen molar-refractivity contribution >= 4 is 11.8 Å². The summed E-state index contributed by atoms with van der Waals surface area (Å²) in [4.78, 5) is 26.2. The van der Waals surface area contributed by atoms with Gasteiger partial charge in [0.2, 0.25) is 11.8 Å². The monoisotopic (exact) mass is 240 g/mol. The van der Waals surface area contributed by atoms with Crippen LogP contribution in [0.4, 0.5) is 0 Å². The summed E-state index contributed by atoms with van der Waals surface area (Å²) < 4.78 is 0. The average molecular weight is 240 g/mol. The summed E-state index contributed by atoms with van der Waals surface area (Å²) in [5.41, 5.74) is 0. The van der Waals surface area contributed by atoms with Gasteiger partial charge < -0.3 is 10.2 Å². The quantitative estimate of drug-likeness (QED) is 0.810. The molecule has 0 radical (unpaired) electrons. The summed E-state index contributed by atoms with van der Waals surface area (Å²) in [6.07, 6.45) is 1.62. The lowest BCUT2D eigenvalue weighted by molar-refractivity contribution is -0.153. The van der Waals surface area contributed by atoms with Crippen LogP contribution in [0.1, 0.15) is 47.5 Å². The Morgan fingerprint density at radius 1 is 1.24 bits per heavy atom. The second-order valence-electron chi connectivity index (χ2n) is 5.38. The van der Waals surface area contributed by atoms with E-state index in [1.807, 2.05) is 34.6 Å². The van der Waals surface area contributed by atoms with Crippen LogP contribution in [0.3, 0.4) is 0 Å². The van der Waals surface area contributed by atoms with E-state index in [4.69, 9.17) is 0 Å². The predicted octanol–water partition coefficient (Wildman–Crippen LogP) is 1.55. The van der Waals surface area contributed by atoms with Gasteiger partial charge in [0.1, 0.15) is 12.1 Å². The van der Waals surface area contributed by atoms with Crippen molar-refractivity contribution in [2.75, 3.05) is 0 Å². The largest absolute Gasteiger partial charge is 0.342 e. The summed E-state index contributed by atoms with van der Waals surface area (Å²) in [6, 6.07) is -0.583. The molecule has 0 aromatic rings. The summed E-state index contributed by atoms with van der Waals surface area (Å²) in [6.45, 7) is 9.91. The number of piperazine rings is 1. The van der Waals surface area contributed by atoms with Crippen molar-refractivity contribution in [1.29, 1.82) is 0 Å². The van der Waals surface area contributed by atoms with Crippen LogP contribution in [0.2, 0.25) is 0 Å². The summed E-state index contributed by atoms with van der Waals surface area (Å²) in [5, 5.41) is 2.85. The van der Waals surface area contributed by atoms with Gasteiger partial charge in [0.05, 0.1) is 0 Å². The van der Waals surface area contributed by atoms with Crippen molar-refractivity contribution in [2.45, 2.75) is 65.6 Å². The van der Waals surface area contributed by atoms with Gasteiger partial charge in [-0.1, -0.05) is 27.2 Å². The molecule has 2 amide bonds. The molecule has 0 aromatic carbocycles. The second-order valence-corrected chi connectivity index (χ2v) is 5.38. The Bertz CT molecular complexity index is 300. The first-order valence-electron chi connectivity index (χ1n) is 6.52. The first-order valence-corrected chi connectivity index (χ1v) is 6.52. The predicted molar refractivity (Wildman–Crippen MR) is 67.4 cm³/mol. The number of carbonyl (C=O) groups excluding carboxylic acids is 2. The van der Waals surface area contributed by atoms with Gasteiger partial charge >= 0.3 is 0 Å². The fraction of sp³-hybridized carbons (Fsp3) is 0.846. The topological polar surface area (TPSA) is 49.4 Å². The number of hydrogen-bond acceptors (Lipinski definition) is 2. The van der Waals surface area contributed by atoms with E-state index in [9.17, 15) is 9.59 Å². The Hall–Kier alpha value is -1.06. The molecule has 4 nitrogen and oxygen atoms in total. The van der Waals surface area contributed by atoms with Gasteiger partial charge in [0.25, 0.3) is 0 Å². The minimum atomic E-state index is -0.329. The maximum atomic E-state index is 12.3. The Kier molecular flexibility index (Phi) is 4.54. The summed E-state index contributed by atoms with van der Waals surface area (Å²) in [5.74, 6) is 0.204. The van der Waals surface area contributed by atoms with Crippen molar-refractivity contribution in [2.24, 2.45) is 5.92 Å². The Morgan fingerprint density at radius 3 is 2.24 bits per heavy atom. The van der Waals surface area contributed by atoms with Gasteiger partial charge in [-0.2, -0.15) is 0 Å². The number of nitrogens with zero attached hydrogens (tertiary/aromatic N) is 1. The number of carbonyl (C=O) groups is 2. The fourth-order valence-electron chi connectivity index (χ4n) is 2.45. The van der Waals surface area contributed by atoms with Crippen LogP contribution in [0.25, 0.3) is 0 Å². The lowest BCUT2D eigenvalue weighted by Crippen LogP contribution is -2.66. The van der Waals surface area contributed by atoms with Gasteiger partial charge in [0, 0.05) is 6.04 Å². The van der Waals surface area contributed by atoms with Crippen LogP contribution in [-0.2, 0) is 9.59 Å². The maximum Gasteiger partial charge on any atom is 0.246 e. The number of nitrogens with one attached hydrogen (secondary N) is 1. The molecule has 1 N–H and O–H groups in total. The zero-order valence-corrected chi connectivity index (χ0v) is 11.5. The van der Waals surface area contributed by atoms with E-state index in [2.05, 4.69) is 5.32 Å². The van der Waals surface area contributed by atoms with E-state index in [-0.39, 0.29) is 35.9 Å². The number of amides is 2. The van der Waals surface area contributed by atoms with Crippen LogP contribution >= 0.6 is 0 Å². The van der Waals surface area contributed by atoms with Gasteiger partial charge in [0.15, 0.2) is 0 Å². The molecular weight excluding hydrogens is 216 g/mol. The lowest BCUT2D eigenvalue weighted by Gasteiger charge is -2.43. The molecular formula is C13H24N2O2. The molecule has 1 saturated heterocycles. The van der Waals surface area contributed by atoms with E-state index in [1.54, 1.807) is 4.90 Å². The first-order chi connectivity index (χ1) is 7.90. The summed E-state index contributed by atoms with van der Waals surface area (Å²) >= 11 is 0. The SMILES string of the molecule is CCCC1NC(=O)C(C(C)C)N(C(C)C)C1=O. The highest BCUT2D eigenvalue weighted by Gasteiger charge is 2.42. The molecule has 1 heterocycles. The van der Waals surface area contributed by atoms with Gasteiger partial charge in [-0.25, -0.2) is 0 Å². The zero-order chi connectivity index (χ0) is 13.2. The summed E-state index contributed by atoms with van der Waals surface area (Å²) in [7, 11) is 0. The smallest absolute Gasteiger partial charge is 0.246 e. The minimum absolute atomic E-state index is 0.00764. The standard InChI is InChI=1S/C13H24N2O2/c1-6-7-10-13(17)15(9(4)5)11(8(2)3)12(16)14-10/h8-11H,6-7H2,1-5H3,(H,14,16). The molecule has 0 aromatic heterocycles. The van der Waals surface area contributed by atoms with Crippen LogP contribution in [0.5, 0.6) is 0 Å². The van der Waals surface area contributed by atoms with Gasteiger partial charge in [-0.3, -0.25) is 9.59 Å². The molecule has 17 heavy (non-hydrogen) atoms.